The zero-order valence-electron chi connectivity index (χ0n) is 11.7. The monoisotopic (exact) mass is 275 g/mol. The van der Waals surface area contributed by atoms with E-state index in [1.165, 1.54) is 17.5 Å². The van der Waals surface area contributed by atoms with E-state index in [2.05, 4.69) is 61.2 Å². The molecule has 1 aromatic carbocycles. The Kier molecular flexibility index (Phi) is 4.05. The lowest BCUT2D eigenvalue weighted by Gasteiger charge is -2.16. The van der Waals surface area contributed by atoms with Crippen LogP contribution in [0.3, 0.4) is 0 Å². The van der Waals surface area contributed by atoms with E-state index >= 15 is 0 Å². The molecule has 1 N–H and O–H groups in total. The summed E-state index contributed by atoms with van der Waals surface area (Å²) in [4.78, 5) is 8.38. The summed E-state index contributed by atoms with van der Waals surface area (Å²) in [5.74, 6) is 1.05. The molecule has 0 saturated heterocycles. The van der Waals surface area contributed by atoms with Gasteiger partial charge in [0.25, 0.3) is 0 Å². The van der Waals surface area contributed by atoms with Crippen LogP contribution in [0.5, 0.6) is 0 Å². The van der Waals surface area contributed by atoms with E-state index in [9.17, 15) is 0 Å². The molecule has 0 radical (unpaired) electrons. The number of nitrogens with one attached hydrogen (secondary N) is 1. The predicted molar refractivity (Wildman–Crippen MR) is 80.3 cm³/mol. The Labute approximate surface area is 119 Å². The highest BCUT2D eigenvalue weighted by molar-refractivity contribution is 6.30. The number of halogens is 1. The normalized spacial score (nSPS) is 10.8. The fourth-order valence-corrected chi connectivity index (χ4v) is 2.33. The standard InChI is InChI=1S/C15H18ClN3/c1-9(2)13-14(16)17-8-18-15(13)19-12-7-10(3)5-6-11(12)4/h5-9H,1-4H3,(H,17,18,19). The molecule has 100 valence electrons. The number of hydrogen-bond acceptors (Lipinski definition) is 3. The van der Waals surface area contributed by atoms with Crippen LogP contribution < -0.4 is 5.32 Å². The number of nitrogens with zero attached hydrogens (tertiary/aromatic N) is 2. The SMILES string of the molecule is Cc1ccc(C)c(Nc2ncnc(Cl)c2C(C)C)c1. The predicted octanol–water partition coefficient (Wildman–Crippen LogP) is 4.61. The molecule has 3 nitrogen and oxygen atoms in total. The summed E-state index contributed by atoms with van der Waals surface area (Å²) in [6.07, 6.45) is 1.49. The zero-order chi connectivity index (χ0) is 14.0. The molecule has 0 spiro atoms. The first-order valence-corrected chi connectivity index (χ1v) is 6.71. The number of aryl methyl sites for hydroxylation is 2. The Bertz CT molecular complexity index is 594. The number of anilines is 2. The van der Waals surface area contributed by atoms with E-state index in [0.29, 0.717) is 5.15 Å². The van der Waals surface area contributed by atoms with E-state index in [1.807, 2.05) is 0 Å². The third kappa shape index (κ3) is 3.04. The first-order valence-electron chi connectivity index (χ1n) is 6.33. The van der Waals surface area contributed by atoms with Crippen LogP contribution in [-0.2, 0) is 0 Å². The van der Waals surface area contributed by atoms with Crippen LogP contribution >= 0.6 is 11.6 Å². The molecule has 0 amide bonds. The van der Waals surface area contributed by atoms with E-state index in [1.54, 1.807) is 0 Å². The Morgan fingerprint density at radius 1 is 1.16 bits per heavy atom. The van der Waals surface area contributed by atoms with Gasteiger partial charge in [-0.05, 0) is 37.0 Å². The van der Waals surface area contributed by atoms with Crippen molar-refractivity contribution in [1.29, 1.82) is 0 Å². The van der Waals surface area contributed by atoms with Gasteiger partial charge in [0.15, 0.2) is 0 Å². The van der Waals surface area contributed by atoms with Gasteiger partial charge >= 0.3 is 0 Å². The molecule has 0 unspecified atom stereocenters. The van der Waals surface area contributed by atoms with Crippen molar-refractivity contribution in [1.82, 2.24) is 9.97 Å². The summed E-state index contributed by atoms with van der Waals surface area (Å²) in [5.41, 5.74) is 4.39. The molecule has 0 atom stereocenters. The first-order chi connectivity index (χ1) is 8.99. The first kappa shape index (κ1) is 13.8. The summed E-state index contributed by atoms with van der Waals surface area (Å²) in [5, 5.41) is 3.88. The number of benzene rings is 1. The molecule has 1 heterocycles. The van der Waals surface area contributed by atoms with Crippen molar-refractivity contribution in [2.45, 2.75) is 33.6 Å². The highest BCUT2D eigenvalue weighted by Gasteiger charge is 2.14. The van der Waals surface area contributed by atoms with E-state index < -0.39 is 0 Å². The van der Waals surface area contributed by atoms with Crippen LogP contribution in [0.1, 0.15) is 36.5 Å². The Balaban J connectivity index is 2.44. The summed E-state index contributed by atoms with van der Waals surface area (Å²) in [6.45, 7) is 8.30. The molecule has 0 aliphatic rings. The minimum Gasteiger partial charge on any atom is -0.340 e. The average molecular weight is 276 g/mol. The van der Waals surface area contributed by atoms with Gasteiger partial charge in [0.05, 0.1) is 0 Å². The van der Waals surface area contributed by atoms with Gasteiger partial charge in [-0.25, -0.2) is 9.97 Å². The molecule has 2 rings (SSSR count). The molecule has 4 heteroatoms. The minimum absolute atomic E-state index is 0.265. The van der Waals surface area contributed by atoms with Crippen molar-refractivity contribution < 1.29 is 0 Å². The van der Waals surface area contributed by atoms with Crippen LogP contribution in [-0.4, -0.2) is 9.97 Å². The van der Waals surface area contributed by atoms with Crippen molar-refractivity contribution in [3.05, 3.63) is 46.4 Å². The van der Waals surface area contributed by atoms with Crippen LogP contribution in [0.2, 0.25) is 5.15 Å². The fraction of sp³-hybridized carbons (Fsp3) is 0.333. The molecule has 0 fully saturated rings. The van der Waals surface area contributed by atoms with Crippen LogP contribution in [0.25, 0.3) is 0 Å². The van der Waals surface area contributed by atoms with Crippen molar-refractivity contribution in [3.63, 3.8) is 0 Å². The number of hydrogen-bond donors (Lipinski definition) is 1. The largest absolute Gasteiger partial charge is 0.340 e. The van der Waals surface area contributed by atoms with Crippen LogP contribution in [0.4, 0.5) is 11.5 Å². The molecule has 0 bridgehead atoms. The van der Waals surface area contributed by atoms with E-state index in [0.717, 1.165) is 17.1 Å². The Morgan fingerprint density at radius 3 is 2.58 bits per heavy atom. The second kappa shape index (κ2) is 5.57. The number of aromatic nitrogens is 2. The van der Waals surface area contributed by atoms with Gasteiger partial charge in [-0.1, -0.05) is 37.6 Å². The molecule has 0 saturated carbocycles. The molecular weight excluding hydrogens is 258 g/mol. The molecular formula is C15H18ClN3. The molecule has 0 aliphatic heterocycles. The highest BCUT2D eigenvalue weighted by atomic mass is 35.5. The Hall–Kier alpha value is -1.61. The number of rotatable bonds is 3. The summed E-state index contributed by atoms with van der Waals surface area (Å²) >= 11 is 6.17. The van der Waals surface area contributed by atoms with Crippen molar-refractivity contribution in [2.24, 2.45) is 0 Å². The second-order valence-electron chi connectivity index (χ2n) is 5.02. The van der Waals surface area contributed by atoms with Gasteiger partial charge in [0.1, 0.15) is 17.3 Å². The lowest BCUT2D eigenvalue weighted by atomic mass is 10.1. The van der Waals surface area contributed by atoms with Crippen molar-refractivity contribution in [2.75, 3.05) is 5.32 Å². The van der Waals surface area contributed by atoms with Gasteiger partial charge in [-0.2, -0.15) is 0 Å². The van der Waals surface area contributed by atoms with Crippen molar-refractivity contribution >= 4 is 23.1 Å². The maximum atomic E-state index is 6.17. The fourth-order valence-electron chi connectivity index (χ4n) is 1.98. The summed E-state index contributed by atoms with van der Waals surface area (Å²) in [6, 6.07) is 6.29. The van der Waals surface area contributed by atoms with Gasteiger partial charge in [-0.15, -0.1) is 0 Å². The second-order valence-corrected chi connectivity index (χ2v) is 5.38. The lowest BCUT2D eigenvalue weighted by molar-refractivity contribution is 0.850. The van der Waals surface area contributed by atoms with Gasteiger partial charge < -0.3 is 5.32 Å². The van der Waals surface area contributed by atoms with Crippen LogP contribution in [0.15, 0.2) is 24.5 Å². The smallest absolute Gasteiger partial charge is 0.138 e. The van der Waals surface area contributed by atoms with Crippen LogP contribution in [0, 0.1) is 13.8 Å². The average Bonchev–Trinajstić information content (AvgIpc) is 2.33. The lowest BCUT2D eigenvalue weighted by Crippen LogP contribution is -2.04. The highest BCUT2D eigenvalue weighted by Crippen LogP contribution is 2.31. The van der Waals surface area contributed by atoms with Gasteiger partial charge in [-0.3, -0.25) is 0 Å². The quantitative estimate of drug-likeness (QED) is 0.831. The minimum atomic E-state index is 0.265. The molecule has 19 heavy (non-hydrogen) atoms. The van der Waals surface area contributed by atoms with E-state index in [-0.39, 0.29) is 5.92 Å². The Morgan fingerprint density at radius 2 is 1.89 bits per heavy atom. The molecule has 2 aromatic rings. The maximum absolute atomic E-state index is 6.17. The van der Waals surface area contributed by atoms with E-state index in [4.69, 9.17) is 11.6 Å². The third-order valence-corrected chi connectivity index (χ3v) is 3.36. The third-order valence-electron chi connectivity index (χ3n) is 3.06. The maximum Gasteiger partial charge on any atom is 0.138 e. The summed E-state index contributed by atoms with van der Waals surface area (Å²) < 4.78 is 0. The van der Waals surface area contributed by atoms with Gasteiger partial charge in [0.2, 0.25) is 0 Å². The topological polar surface area (TPSA) is 37.8 Å². The zero-order valence-corrected chi connectivity index (χ0v) is 12.4. The van der Waals surface area contributed by atoms with Crippen molar-refractivity contribution in [3.8, 4) is 0 Å². The molecule has 1 aromatic heterocycles. The summed E-state index contributed by atoms with van der Waals surface area (Å²) in [7, 11) is 0. The molecule has 0 aliphatic carbocycles. The van der Waals surface area contributed by atoms with Gasteiger partial charge in [0, 0.05) is 11.3 Å².